The predicted octanol–water partition coefficient (Wildman–Crippen LogP) is 3.52. The summed E-state index contributed by atoms with van der Waals surface area (Å²) in [5.74, 6) is -0.307. The Hall–Kier alpha value is -1.55. The third-order valence-electron chi connectivity index (χ3n) is 2.67. The monoisotopic (exact) mass is 267 g/mol. The molecule has 0 unspecified atom stereocenters. The van der Waals surface area contributed by atoms with E-state index in [2.05, 4.69) is 4.98 Å². The predicted molar refractivity (Wildman–Crippen MR) is 68.8 cm³/mol. The fourth-order valence-electron chi connectivity index (χ4n) is 1.92. The summed E-state index contributed by atoms with van der Waals surface area (Å²) < 4.78 is 5.58. The van der Waals surface area contributed by atoms with Crippen LogP contribution >= 0.6 is 11.6 Å². The summed E-state index contributed by atoms with van der Waals surface area (Å²) >= 11 is 6.00. The SMILES string of the molecule is CC(C)(CC(=O)O)Cc1nc2cccc(Cl)c2o1. The summed E-state index contributed by atoms with van der Waals surface area (Å²) in [5.41, 5.74) is 0.850. The van der Waals surface area contributed by atoms with E-state index in [4.69, 9.17) is 21.1 Å². The zero-order chi connectivity index (χ0) is 13.3. The van der Waals surface area contributed by atoms with Gasteiger partial charge in [-0.05, 0) is 17.5 Å². The maximum Gasteiger partial charge on any atom is 0.303 e. The van der Waals surface area contributed by atoms with Gasteiger partial charge in [0.15, 0.2) is 11.5 Å². The topological polar surface area (TPSA) is 63.3 Å². The van der Waals surface area contributed by atoms with Gasteiger partial charge < -0.3 is 9.52 Å². The van der Waals surface area contributed by atoms with Gasteiger partial charge in [0.1, 0.15) is 5.52 Å². The summed E-state index contributed by atoms with van der Waals surface area (Å²) in [5, 5.41) is 9.35. The van der Waals surface area contributed by atoms with Crippen molar-refractivity contribution in [3.63, 3.8) is 0 Å². The molecule has 0 fully saturated rings. The van der Waals surface area contributed by atoms with Gasteiger partial charge in [0, 0.05) is 6.42 Å². The van der Waals surface area contributed by atoms with E-state index < -0.39 is 11.4 Å². The van der Waals surface area contributed by atoms with Crippen molar-refractivity contribution in [2.75, 3.05) is 0 Å². The number of carboxylic acids is 1. The van der Waals surface area contributed by atoms with Crippen LogP contribution in [0.2, 0.25) is 5.02 Å². The van der Waals surface area contributed by atoms with Crippen LogP contribution in [0, 0.1) is 5.41 Å². The highest BCUT2D eigenvalue weighted by atomic mass is 35.5. The van der Waals surface area contributed by atoms with Crippen LogP contribution in [0.25, 0.3) is 11.1 Å². The van der Waals surface area contributed by atoms with Crippen molar-refractivity contribution < 1.29 is 14.3 Å². The van der Waals surface area contributed by atoms with Crippen LogP contribution in [0.15, 0.2) is 22.6 Å². The standard InChI is InChI=1S/C13H14ClNO3/c1-13(2,7-11(16)17)6-10-15-9-5-3-4-8(14)12(9)18-10/h3-5H,6-7H2,1-2H3,(H,16,17). The average Bonchev–Trinajstić information content (AvgIpc) is 2.58. The van der Waals surface area contributed by atoms with Crippen molar-refractivity contribution in [3.8, 4) is 0 Å². The lowest BCUT2D eigenvalue weighted by atomic mass is 9.86. The quantitative estimate of drug-likeness (QED) is 0.920. The lowest BCUT2D eigenvalue weighted by Crippen LogP contribution is -2.19. The first-order valence-corrected chi connectivity index (χ1v) is 6.01. The maximum atomic E-state index is 10.8. The molecule has 0 aliphatic carbocycles. The molecule has 18 heavy (non-hydrogen) atoms. The molecule has 96 valence electrons. The Bertz CT molecular complexity index is 589. The van der Waals surface area contributed by atoms with Gasteiger partial charge in [0.25, 0.3) is 0 Å². The van der Waals surface area contributed by atoms with E-state index in [0.717, 1.165) is 0 Å². The molecule has 1 N–H and O–H groups in total. The van der Waals surface area contributed by atoms with Gasteiger partial charge in [0.2, 0.25) is 0 Å². The normalized spacial score (nSPS) is 11.9. The molecule has 0 aliphatic heterocycles. The Morgan fingerprint density at radius 1 is 1.50 bits per heavy atom. The molecule has 1 heterocycles. The van der Waals surface area contributed by atoms with Gasteiger partial charge in [0.05, 0.1) is 11.4 Å². The number of halogens is 1. The van der Waals surface area contributed by atoms with E-state index >= 15 is 0 Å². The summed E-state index contributed by atoms with van der Waals surface area (Å²) in [7, 11) is 0. The summed E-state index contributed by atoms with van der Waals surface area (Å²) in [6.45, 7) is 3.75. The third-order valence-corrected chi connectivity index (χ3v) is 2.97. The molecule has 0 saturated heterocycles. The molecule has 1 aromatic heterocycles. The van der Waals surface area contributed by atoms with Crippen LogP contribution in [0.3, 0.4) is 0 Å². The van der Waals surface area contributed by atoms with Crippen LogP contribution in [0.1, 0.15) is 26.2 Å². The van der Waals surface area contributed by atoms with E-state index in [9.17, 15) is 4.79 Å². The fraction of sp³-hybridized carbons (Fsp3) is 0.385. The molecule has 0 aliphatic rings. The Balaban J connectivity index is 2.27. The average molecular weight is 268 g/mol. The molecule has 2 rings (SSSR count). The molecular formula is C13H14ClNO3. The molecule has 0 saturated carbocycles. The lowest BCUT2D eigenvalue weighted by molar-refractivity contribution is -0.139. The number of para-hydroxylation sites is 1. The largest absolute Gasteiger partial charge is 0.481 e. The summed E-state index contributed by atoms with van der Waals surface area (Å²) in [6.07, 6.45) is 0.532. The zero-order valence-electron chi connectivity index (χ0n) is 10.2. The number of aliphatic carboxylic acids is 1. The summed E-state index contributed by atoms with van der Waals surface area (Å²) in [4.78, 5) is 15.1. The van der Waals surface area contributed by atoms with E-state index in [-0.39, 0.29) is 6.42 Å². The van der Waals surface area contributed by atoms with Gasteiger partial charge >= 0.3 is 5.97 Å². The Kier molecular flexibility index (Phi) is 3.30. The second-order valence-electron chi connectivity index (χ2n) is 5.11. The fourth-order valence-corrected chi connectivity index (χ4v) is 2.13. The van der Waals surface area contributed by atoms with E-state index in [1.54, 1.807) is 12.1 Å². The number of rotatable bonds is 4. The first-order chi connectivity index (χ1) is 8.37. The molecule has 4 nitrogen and oxygen atoms in total. The smallest absolute Gasteiger partial charge is 0.303 e. The maximum absolute atomic E-state index is 10.8. The second kappa shape index (κ2) is 4.61. The molecule has 0 atom stereocenters. The van der Waals surface area contributed by atoms with Crippen LogP contribution in [-0.2, 0) is 11.2 Å². The Labute approximate surface area is 110 Å². The van der Waals surface area contributed by atoms with Gasteiger partial charge in [-0.3, -0.25) is 4.79 Å². The highest BCUT2D eigenvalue weighted by Crippen LogP contribution is 2.29. The molecular weight excluding hydrogens is 254 g/mol. The van der Waals surface area contributed by atoms with Crippen molar-refractivity contribution >= 4 is 28.7 Å². The lowest BCUT2D eigenvalue weighted by Gasteiger charge is -2.19. The van der Waals surface area contributed by atoms with Crippen LogP contribution in [0.5, 0.6) is 0 Å². The minimum absolute atomic E-state index is 0.0689. The highest BCUT2D eigenvalue weighted by Gasteiger charge is 2.25. The van der Waals surface area contributed by atoms with E-state index in [1.165, 1.54) is 0 Å². The molecule has 1 aromatic carbocycles. The van der Waals surface area contributed by atoms with Crippen molar-refractivity contribution in [3.05, 3.63) is 29.1 Å². The number of oxazole rings is 1. The Morgan fingerprint density at radius 3 is 2.83 bits per heavy atom. The second-order valence-corrected chi connectivity index (χ2v) is 5.51. The van der Waals surface area contributed by atoms with E-state index in [0.29, 0.717) is 28.4 Å². The molecule has 0 spiro atoms. The summed E-state index contributed by atoms with van der Waals surface area (Å²) in [6, 6.07) is 5.36. The number of carbonyl (C=O) groups is 1. The molecule has 0 bridgehead atoms. The first-order valence-electron chi connectivity index (χ1n) is 5.63. The first kappa shape index (κ1) is 12.9. The highest BCUT2D eigenvalue weighted by molar-refractivity contribution is 6.34. The number of hydrogen-bond donors (Lipinski definition) is 1. The number of aromatic nitrogens is 1. The molecule has 2 aromatic rings. The van der Waals surface area contributed by atoms with Gasteiger partial charge in [-0.1, -0.05) is 31.5 Å². The third kappa shape index (κ3) is 2.82. The van der Waals surface area contributed by atoms with Gasteiger partial charge in [-0.15, -0.1) is 0 Å². The van der Waals surface area contributed by atoms with Gasteiger partial charge in [-0.25, -0.2) is 4.98 Å². The number of benzene rings is 1. The van der Waals surface area contributed by atoms with Crippen molar-refractivity contribution in [1.82, 2.24) is 4.98 Å². The molecule has 0 amide bonds. The van der Waals surface area contributed by atoms with Crippen LogP contribution in [-0.4, -0.2) is 16.1 Å². The van der Waals surface area contributed by atoms with Gasteiger partial charge in [-0.2, -0.15) is 0 Å². The van der Waals surface area contributed by atoms with Crippen molar-refractivity contribution in [2.45, 2.75) is 26.7 Å². The Morgan fingerprint density at radius 2 is 2.22 bits per heavy atom. The van der Waals surface area contributed by atoms with Crippen LogP contribution < -0.4 is 0 Å². The minimum atomic E-state index is -0.825. The minimum Gasteiger partial charge on any atom is -0.481 e. The number of carboxylic acid groups (broad SMARTS) is 1. The van der Waals surface area contributed by atoms with Crippen molar-refractivity contribution in [1.29, 1.82) is 0 Å². The van der Waals surface area contributed by atoms with Crippen molar-refractivity contribution in [2.24, 2.45) is 5.41 Å². The van der Waals surface area contributed by atoms with E-state index in [1.807, 2.05) is 19.9 Å². The number of fused-ring (bicyclic) bond motifs is 1. The number of nitrogens with zero attached hydrogens (tertiary/aromatic N) is 1. The molecule has 0 radical (unpaired) electrons. The number of hydrogen-bond acceptors (Lipinski definition) is 3. The zero-order valence-corrected chi connectivity index (χ0v) is 11.0. The van der Waals surface area contributed by atoms with Crippen LogP contribution in [0.4, 0.5) is 0 Å². The molecule has 5 heteroatoms.